The van der Waals surface area contributed by atoms with Crippen molar-refractivity contribution in [3.05, 3.63) is 0 Å². The Morgan fingerprint density at radius 3 is 2.48 bits per heavy atom. The number of amides is 2. The first-order chi connectivity index (χ1) is 12.0. The summed E-state index contributed by atoms with van der Waals surface area (Å²) in [5, 5.41) is 19.6. The number of aliphatic hydroxyl groups excluding tert-OH is 2. The van der Waals surface area contributed by atoms with E-state index < -0.39 is 6.10 Å². The van der Waals surface area contributed by atoms with Crippen molar-refractivity contribution in [3.63, 3.8) is 0 Å². The maximum atomic E-state index is 12.7. The van der Waals surface area contributed by atoms with Gasteiger partial charge >= 0.3 is 0 Å². The van der Waals surface area contributed by atoms with E-state index in [-0.39, 0.29) is 29.8 Å². The molecule has 6 nitrogen and oxygen atoms in total. The Morgan fingerprint density at radius 2 is 1.84 bits per heavy atom. The topological polar surface area (TPSA) is 81.1 Å². The van der Waals surface area contributed by atoms with Crippen LogP contribution in [0.4, 0.5) is 0 Å². The first kappa shape index (κ1) is 18.6. The van der Waals surface area contributed by atoms with Gasteiger partial charge in [0.1, 0.15) is 6.10 Å². The number of piperidine rings is 2. The highest BCUT2D eigenvalue weighted by atomic mass is 16.3. The number of aliphatic hydroxyl groups is 2. The molecule has 2 saturated heterocycles. The molecular formula is C19H32N2O4. The van der Waals surface area contributed by atoms with Crippen LogP contribution in [0.1, 0.15) is 57.8 Å². The summed E-state index contributed by atoms with van der Waals surface area (Å²) >= 11 is 0. The molecule has 3 fully saturated rings. The minimum absolute atomic E-state index is 0.0000117. The molecule has 2 N–H and O–H groups in total. The molecule has 1 aliphatic carbocycles. The van der Waals surface area contributed by atoms with Crippen molar-refractivity contribution >= 4 is 11.8 Å². The molecule has 1 saturated carbocycles. The molecular weight excluding hydrogens is 320 g/mol. The van der Waals surface area contributed by atoms with E-state index >= 15 is 0 Å². The fourth-order valence-corrected chi connectivity index (χ4v) is 4.87. The highest BCUT2D eigenvalue weighted by molar-refractivity contribution is 5.81. The van der Waals surface area contributed by atoms with Crippen molar-refractivity contribution in [3.8, 4) is 0 Å². The summed E-state index contributed by atoms with van der Waals surface area (Å²) in [5.41, 5.74) is 0.0790. The molecule has 1 atom stereocenters. The van der Waals surface area contributed by atoms with E-state index in [4.69, 9.17) is 5.11 Å². The molecule has 2 amide bonds. The van der Waals surface area contributed by atoms with Gasteiger partial charge in [-0.3, -0.25) is 9.59 Å². The smallest absolute Gasteiger partial charge is 0.251 e. The Bertz CT molecular complexity index is 482. The Balaban J connectivity index is 1.54. The lowest BCUT2D eigenvalue weighted by molar-refractivity contribution is -0.149. The average Bonchev–Trinajstić information content (AvgIpc) is 2.65. The maximum Gasteiger partial charge on any atom is 0.251 e. The van der Waals surface area contributed by atoms with Crippen LogP contribution in [0, 0.1) is 11.3 Å². The lowest BCUT2D eigenvalue weighted by atomic mass is 9.72. The predicted molar refractivity (Wildman–Crippen MR) is 93.7 cm³/mol. The zero-order valence-corrected chi connectivity index (χ0v) is 15.2. The standard InChI is InChI=1S/C19H32N2O4/c22-13-12-21-14-19(7-6-16(21)23)8-10-20(11-9-19)18(25)17(24)15-4-2-1-3-5-15/h15,17,22,24H,1-14H2/t17-/m1/s1. The molecule has 0 aromatic rings. The zero-order valence-electron chi connectivity index (χ0n) is 15.2. The highest BCUT2D eigenvalue weighted by Crippen LogP contribution is 2.40. The minimum atomic E-state index is -0.840. The summed E-state index contributed by atoms with van der Waals surface area (Å²) in [6, 6.07) is 0. The lowest BCUT2D eigenvalue weighted by Crippen LogP contribution is -2.54. The molecule has 3 aliphatic rings. The number of hydrogen-bond acceptors (Lipinski definition) is 4. The maximum absolute atomic E-state index is 12.7. The van der Waals surface area contributed by atoms with E-state index in [1.165, 1.54) is 6.42 Å². The molecule has 0 aromatic carbocycles. The third kappa shape index (κ3) is 4.17. The van der Waals surface area contributed by atoms with Gasteiger partial charge in [0, 0.05) is 32.6 Å². The SMILES string of the molecule is O=C1CCC2(CCN(C(=O)[C@H](O)C3CCCCC3)CC2)CN1CCO. The van der Waals surface area contributed by atoms with Gasteiger partial charge in [0.2, 0.25) is 5.91 Å². The first-order valence-corrected chi connectivity index (χ1v) is 9.90. The molecule has 6 heteroatoms. The summed E-state index contributed by atoms with van der Waals surface area (Å²) in [5.74, 6) is 0.163. The second-order valence-electron chi connectivity index (χ2n) is 8.21. The van der Waals surface area contributed by atoms with Crippen LogP contribution in [0.15, 0.2) is 0 Å². The normalized spacial score (nSPS) is 26.1. The number of rotatable bonds is 4. The summed E-state index contributed by atoms with van der Waals surface area (Å²) in [6.45, 7) is 2.44. The van der Waals surface area contributed by atoms with Gasteiger partial charge < -0.3 is 20.0 Å². The van der Waals surface area contributed by atoms with Gasteiger partial charge in [0.15, 0.2) is 0 Å². The number of nitrogens with zero attached hydrogens (tertiary/aromatic N) is 2. The predicted octanol–water partition coefficient (Wildman–Crippen LogP) is 1.15. The first-order valence-electron chi connectivity index (χ1n) is 9.90. The van der Waals surface area contributed by atoms with Crippen LogP contribution in [0.2, 0.25) is 0 Å². The monoisotopic (exact) mass is 352 g/mol. The molecule has 25 heavy (non-hydrogen) atoms. The van der Waals surface area contributed by atoms with Gasteiger partial charge in [0.25, 0.3) is 5.91 Å². The van der Waals surface area contributed by atoms with Gasteiger partial charge in [-0.2, -0.15) is 0 Å². The van der Waals surface area contributed by atoms with Crippen LogP contribution < -0.4 is 0 Å². The second kappa shape index (κ2) is 8.04. The van der Waals surface area contributed by atoms with Crippen molar-refractivity contribution in [1.29, 1.82) is 0 Å². The second-order valence-corrected chi connectivity index (χ2v) is 8.21. The molecule has 1 spiro atoms. The largest absolute Gasteiger partial charge is 0.395 e. The van der Waals surface area contributed by atoms with E-state index in [2.05, 4.69) is 0 Å². The summed E-state index contributed by atoms with van der Waals surface area (Å²) in [4.78, 5) is 28.2. The van der Waals surface area contributed by atoms with Gasteiger partial charge in [-0.15, -0.1) is 0 Å². The Hall–Kier alpha value is -1.14. The zero-order chi connectivity index (χ0) is 17.9. The number of β-amino-alcohol motifs (C(OH)–C–C–N with tert-alkyl or cyclic N) is 1. The van der Waals surface area contributed by atoms with Crippen LogP contribution in [0.5, 0.6) is 0 Å². The van der Waals surface area contributed by atoms with E-state index in [9.17, 15) is 14.7 Å². The van der Waals surface area contributed by atoms with Gasteiger partial charge in [-0.05, 0) is 43.4 Å². The summed E-state index contributed by atoms with van der Waals surface area (Å²) in [6.07, 6.45) is 7.71. The molecule has 0 aromatic heterocycles. The molecule has 0 bridgehead atoms. The molecule has 0 radical (unpaired) electrons. The van der Waals surface area contributed by atoms with Crippen molar-refractivity contribution < 1.29 is 19.8 Å². The van der Waals surface area contributed by atoms with Crippen molar-refractivity contribution in [2.45, 2.75) is 63.9 Å². The number of likely N-dealkylation sites (tertiary alicyclic amines) is 2. The van der Waals surface area contributed by atoms with Crippen LogP contribution in [-0.4, -0.2) is 70.7 Å². The van der Waals surface area contributed by atoms with Gasteiger partial charge in [-0.1, -0.05) is 19.3 Å². The number of carbonyl (C=O) groups excluding carboxylic acids is 2. The molecule has 3 rings (SSSR count). The van der Waals surface area contributed by atoms with Crippen LogP contribution in [-0.2, 0) is 9.59 Å². The highest BCUT2D eigenvalue weighted by Gasteiger charge is 2.42. The van der Waals surface area contributed by atoms with Crippen LogP contribution in [0.25, 0.3) is 0 Å². The minimum Gasteiger partial charge on any atom is -0.395 e. The van der Waals surface area contributed by atoms with E-state index in [0.29, 0.717) is 32.6 Å². The average molecular weight is 352 g/mol. The van der Waals surface area contributed by atoms with Crippen molar-refractivity contribution in [2.24, 2.45) is 11.3 Å². The van der Waals surface area contributed by atoms with Crippen molar-refractivity contribution in [2.75, 3.05) is 32.8 Å². The molecule has 0 unspecified atom stereocenters. The van der Waals surface area contributed by atoms with Crippen LogP contribution in [0.3, 0.4) is 0 Å². The Morgan fingerprint density at radius 1 is 1.16 bits per heavy atom. The van der Waals surface area contributed by atoms with Crippen molar-refractivity contribution in [1.82, 2.24) is 9.80 Å². The van der Waals surface area contributed by atoms with E-state index in [1.807, 2.05) is 4.90 Å². The van der Waals surface area contributed by atoms with E-state index in [0.717, 1.165) is 44.9 Å². The molecule has 2 heterocycles. The van der Waals surface area contributed by atoms with Crippen LogP contribution >= 0.6 is 0 Å². The third-order valence-electron chi connectivity index (χ3n) is 6.60. The molecule has 2 aliphatic heterocycles. The number of carbonyl (C=O) groups is 2. The van der Waals surface area contributed by atoms with E-state index in [1.54, 1.807) is 4.90 Å². The Labute approximate surface area is 150 Å². The third-order valence-corrected chi connectivity index (χ3v) is 6.60. The summed E-state index contributed by atoms with van der Waals surface area (Å²) in [7, 11) is 0. The summed E-state index contributed by atoms with van der Waals surface area (Å²) < 4.78 is 0. The number of hydrogen-bond donors (Lipinski definition) is 2. The van der Waals surface area contributed by atoms with Gasteiger partial charge in [-0.25, -0.2) is 0 Å². The van der Waals surface area contributed by atoms with Gasteiger partial charge in [0.05, 0.1) is 6.61 Å². The fourth-order valence-electron chi connectivity index (χ4n) is 4.87. The fraction of sp³-hybridized carbons (Fsp3) is 0.895. The Kier molecular flexibility index (Phi) is 6.00. The lowest BCUT2D eigenvalue weighted by Gasteiger charge is -2.47. The quantitative estimate of drug-likeness (QED) is 0.795. The molecule has 142 valence electrons.